The van der Waals surface area contributed by atoms with E-state index < -0.39 is 6.03 Å². The molecule has 6 nitrogen and oxygen atoms in total. The number of piperidine rings is 1. The number of primary amides is 1. The Kier molecular flexibility index (Phi) is 5.37. The molecular weight excluding hydrogens is 220 g/mol. The van der Waals surface area contributed by atoms with E-state index in [9.17, 15) is 9.59 Å². The van der Waals surface area contributed by atoms with Crippen molar-refractivity contribution in [2.75, 3.05) is 19.6 Å². The molecule has 2 unspecified atom stereocenters. The summed E-state index contributed by atoms with van der Waals surface area (Å²) in [5, 5.41) is 5.51. The fourth-order valence-corrected chi connectivity index (χ4v) is 2.21. The lowest BCUT2D eigenvalue weighted by atomic mass is 10.0. The van der Waals surface area contributed by atoms with Crippen molar-refractivity contribution < 1.29 is 9.59 Å². The smallest absolute Gasteiger partial charge is 0.318 e. The second-order valence-electron chi connectivity index (χ2n) is 4.42. The van der Waals surface area contributed by atoms with Gasteiger partial charge in [0.05, 0.1) is 6.04 Å². The first-order valence-corrected chi connectivity index (χ1v) is 6.12. The number of nitrogens with one attached hydrogen (secondary N) is 2. The van der Waals surface area contributed by atoms with E-state index in [4.69, 9.17) is 5.73 Å². The van der Waals surface area contributed by atoms with Gasteiger partial charge in [0.15, 0.2) is 0 Å². The third-order valence-electron chi connectivity index (χ3n) is 3.12. The molecule has 2 atom stereocenters. The van der Waals surface area contributed by atoms with Crippen molar-refractivity contribution >= 4 is 11.9 Å². The molecule has 0 spiro atoms. The number of likely N-dealkylation sites (N-methyl/N-ethyl adjacent to an activating group) is 1. The lowest BCUT2D eigenvalue weighted by Gasteiger charge is -2.36. The van der Waals surface area contributed by atoms with E-state index in [-0.39, 0.29) is 11.9 Å². The summed E-state index contributed by atoms with van der Waals surface area (Å²) in [4.78, 5) is 24.3. The molecular formula is C11H22N4O2. The van der Waals surface area contributed by atoms with E-state index in [2.05, 4.69) is 22.5 Å². The zero-order chi connectivity index (χ0) is 12.8. The van der Waals surface area contributed by atoms with Crippen LogP contribution in [0.2, 0.25) is 0 Å². The molecule has 98 valence electrons. The van der Waals surface area contributed by atoms with Crippen LogP contribution in [0.5, 0.6) is 0 Å². The highest BCUT2D eigenvalue weighted by Crippen LogP contribution is 2.13. The van der Waals surface area contributed by atoms with E-state index in [1.165, 1.54) is 0 Å². The summed E-state index contributed by atoms with van der Waals surface area (Å²) in [6.45, 7) is 6.52. The first-order valence-electron chi connectivity index (χ1n) is 6.12. The molecule has 0 aromatic heterocycles. The maximum absolute atomic E-state index is 11.6. The Hall–Kier alpha value is -1.14. The molecule has 1 fully saturated rings. The van der Waals surface area contributed by atoms with Crippen molar-refractivity contribution in [1.29, 1.82) is 0 Å². The largest absolute Gasteiger partial charge is 0.351 e. The molecule has 4 N–H and O–H groups in total. The summed E-state index contributed by atoms with van der Waals surface area (Å²) in [6, 6.07) is -0.677. The Bertz CT molecular complexity index is 281. The normalized spacial score (nSPS) is 23.1. The third-order valence-corrected chi connectivity index (χ3v) is 3.12. The minimum Gasteiger partial charge on any atom is -0.351 e. The van der Waals surface area contributed by atoms with Crippen LogP contribution in [0.25, 0.3) is 0 Å². The maximum atomic E-state index is 11.6. The number of imide groups is 1. The SMILES string of the molecule is CCNC1CCCN(C(C)C(=O)NC(N)=O)C1. The molecule has 1 rings (SSSR count). The van der Waals surface area contributed by atoms with Gasteiger partial charge in [0.25, 0.3) is 0 Å². The molecule has 0 saturated carbocycles. The fraction of sp³-hybridized carbons (Fsp3) is 0.818. The lowest BCUT2D eigenvalue weighted by molar-refractivity contribution is -0.125. The Morgan fingerprint density at radius 1 is 1.53 bits per heavy atom. The first-order chi connectivity index (χ1) is 8.04. The van der Waals surface area contributed by atoms with Gasteiger partial charge in [0.1, 0.15) is 0 Å². The van der Waals surface area contributed by atoms with Gasteiger partial charge >= 0.3 is 6.03 Å². The van der Waals surface area contributed by atoms with Gasteiger partial charge in [-0.2, -0.15) is 0 Å². The number of amides is 3. The number of carbonyl (C=O) groups excluding carboxylic acids is 2. The summed E-state index contributed by atoms with van der Waals surface area (Å²) in [5.74, 6) is -0.324. The molecule has 0 aliphatic carbocycles. The topological polar surface area (TPSA) is 87.5 Å². The summed E-state index contributed by atoms with van der Waals surface area (Å²) in [5.41, 5.74) is 4.93. The summed E-state index contributed by atoms with van der Waals surface area (Å²) in [6.07, 6.45) is 2.19. The molecule has 0 aromatic carbocycles. The van der Waals surface area contributed by atoms with Crippen molar-refractivity contribution in [1.82, 2.24) is 15.5 Å². The number of likely N-dealkylation sites (tertiary alicyclic amines) is 1. The molecule has 1 aliphatic rings. The Morgan fingerprint density at radius 3 is 2.82 bits per heavy atom. The monoisotopic (exact) mass is 242 g/mol. The Labute approximate surface area is 102 Å². The van der Waals surface area contributed by atoms with Crippen molar-refractivity contribution in [3.63, 3.8) is 0 Å². The highest BCUT2D eigenvalue weighted by atomic mass is 16.2. The Balaban J connectivity index is 2.47. The third kappa shape index (κ3) is 4.32. The van der Waals surface area contributed by atoms with Gasteiger partial charge in [-0.1, -0.05) is 6.92 Å². The quantitative estimate of drug-likeness (QED) is 0.628. The summed E-state index contributed by atoms with van der Waals surface area (Å²) in [7, 11) is 0. The second kappa shape index (κ2) is 6.56. The van der Waals surface area contributed by atoms with Crippen molar-refractivity contribution in [2.24, 2.45) is 5.73 Å². The van der Waals surface area contributed by atoms with Crippen LogP contribution in [0.4, 0.5) is 4.79 Å². The fourth-order valence-electron chi connectivity index (χ4n) is 2.21. The number of nitrogens with two attached hydrogens (primary N) is 1. The Morgan fingerprint density at radius 2 is 2.24 bits per heavy atom. The standard InChI is InChI=1S/C11H22N4O2/c1-3-13-9-5-4-6-15(7-9)8(2)10(16)14-11(12)17/h8-9,13H,3-7H2,1-2H3,(H3,12,14,16,17). The highest BCUT2D eigenvalue weighted by Gasteiger charge is 2.27. The van der Waals surface area contributed by atoms with Crippen LogP contribution in [-0.4, -0.2) is 48.6 Å². The molecule has 0 aromatic rings. The van der Waals surface area contributed by atoms with Crippen LogP contribution in [0.3, 0.4) is 0 Å². The van der Waals surface area contributed by atoms with Crippen molar-refractivity contribution in [3.8, 4) is 0 Å². The van der Waals surface area contributed by atoms with Crippen molar-refractivity contribution in [3.05, 3.63) is 0 Å². The number of carbonyl (C=O) groups is 2. The van der Waals surface area contributed by atoms with Crippen LogP contribution >= 0.6 is 0 Å². The molecule has 0 bridgehead atoms. The number of hydrogen-bond acceptors (Lipinski definition) is 4. The van der Waals surface area contributed by atoms with Crippen LogP contribution in [0.15, 0.2) is 0 Å². The molecule has 1 saturated heterocycles. The predicted molar refractivity (Wildman–Crippen MR) is 65.5 cm³/mol. The van der Waals surface area contributed by atoms with Gasteiger partial charge in [-0.15, -0.1) is 0 Å². The van der Waals surface area contributed by atoms with Crippen LogP contribution in [-0.2, 0) is 4.79 Å². The highest BCUT2D eigenvalue weighted by molar-refractivity contribution is 5.96. The second-order valence-corrected chi connectivity index (χ2v) is 4.42. The zero-order valence-corrected chi connectivity index (χ0v) is 10.5. The lowest BCUT2D eigenvalue weighted by Crippen LogP contribution is -2.54. The molecule has 0 radical (unpaired) electrons. The van der Waals surface area contributed by atoms with E-state index in [0.29, 0.717) is 6.04 Å². The molecule has 17 heavy (non-hydrogen) atoms. The summed E-state index contributed by atoms with van der Waals surface area (Å²) >= 11 is 0. The first kappa shape index (κ1) is 13.9. The summed E-state index contributed by atoms with van der Waals surface area (Å²) < 4.78 is 0. The zero-order valence-electron chi connectivity index (χ0n) is 10.5. The van der Waals surface area contributed by atoms with Gasteiger partial charge in [-0.05, 0) is 32.9 Å². The molecule has 3 amide bonds. The van der Waals surface area contributed by atoms with Crippen LogP contribution in [0.1, 0.15) is 26.7 Å². The average molecular weight is 242 g/mol. The minimum absolute atomic E-state index is 0.316. The maximum Gasteiger partial charge on any atom is 0.318 e. The van der Waals surface area contributed by atoms with Gasteiger partial charge in [0, 0.05) is 12.6 Å². The molecule has 6 heteroatoms. The molecule has 1 aliphatic heterocycles. The van der Waals surface area contributed by atoms with Gasteiger partial charge in [-0.3, -0.25) is 15.0 Å². The van der Waals surface area contributed by atoms with Gasteiger partial charge < -0.3 is 11.1 Å². The number of rotatable bonds is 4. The van der Waals surface area contributed by atoms with E-state index >= 15 is 0 Å². The van der Waals surface area contributed by atoms with Crippen LogP contribution < -0.4 is 16.4 Å². The van der Waals surface area contributed by atoms with E-state index in [1.807, 2.05) is 0 Å². The van der Waals surface area contributed by atoms with Gasteiger partial charge in [0.2, 0.25) is 5.91 Å². The van der Waals surface area contributed by atoms with Gasteiger partial charge in [-0.25, -0.2) is 4.79 Å². The van der Waals surface area contributed by atoms with Crippen LogP contribution in [0, 0.1) is 0 Å². The molecule has 1 heterocycles. The predicted octanol–water partition coefficient (Wildman–Crippen LogP) is -0.356. The van der Waals surface area contributed by atoms with Crippen molar-refractivity contribution in [2.45, 2.75) is 38.8 Å². The number of nitrogens with zero attached hydrogens (tertiary/aromatic N) is 1. The number of urea groups is 1. The number of hydrogen-bond donors (Lipinski definition) is 3. The van der Waals surface area contributed by atoms with E-state index in [1.54, 1.807) is 6.92 Å². The van der Waals surface area contributed by atoms with E-state index in [0.717, 1.165) is 32.5 Å². The minimum atomic E-state index is -0.790. The average Bonchev–Trinajstić information content (AvgIpc) is 2.28.